The molecule has 4 N–H and O–H groups in total. The zero-order valence-corrected chi connectivity index (χ0v) is 10.2. The molecule has 0 aliphatic carbocycles. The van der Waals surface area contributed by atoms with Crippen LogP contribution < -0.4 is 16.6 Å². The molecule has 1 rings (SSSR count). The predicted octanol–water partition coefficient (Wildman–Crippen LogP) is 1.92. The van der Waals surface area contributed by atoms with Gasteiger partial charge in [0.15, 0.2) is 0 Å². The van der Waals surface area contributed by atoms with E-state index in [-0.39, 0.29) is 0 Å². The van der Waals surface area contributed by atoms with Crippen molar-refractivity contribution in [2.45, 2.75) is 33.6 Å². The number of nitrogen functional groups attached to an aromatic ring is 1. The lowest BCUT2D eigenvalue weighted by molar-refractivity contribution is 0.518. The van der Waals surface area contributed by atoms with E-state index in [0.29, 0.717) is 11.9 Å². The lowest BCUT2D eigenvalue weighted by Crippen LogP contribution is -2.16. The van der Waals surface area contributed by atoms with Gasteiger partial charge in [0.2, 0.25) is 5.95 Å². The Balaban J connectivity index is 2.65. The third-order valence-electron chi connectivity index (χ3n) is 2.81. The maximum Gasteiger partial charge on any atom is 0.239 e. The number of aromatic nitrogens is 2. The molecule has 90 valence electrons. The Bertz CT molecular complexity index is 322. The van der Waals surface area contributed by atoms with Crippen LogP contribution in [-0.4, -0.2) is 16.5 Å². The predicted molar refractivity (Wildman–Crippen MR) is 67.1 cm³/mol. The van der Waals surface area contributed by atoms with E-state index in [0.717, 1.165) is 17.9 Å². The van der Waals surface area contributed by atoms with Crippen molar-refractivity contribution in [2.75, 3.05) is 17.3 Å². The molecule has 0 spiro atoms. The summed E-state index contributed by atoms with van der Waals surface area (Å²) >= 11 is 0. The van der Waals surface area contributed by atoms with Crippen LogP contribution in [0.1, 0.15) is 32.3 Å². The van der Waals surface area contributed by atoms with Crippen molar-refractivity contribution < 1.29 is 0 Å². The topological polar surface area (TPSA) is 75.9 Å². The number of nitrogens with two attached hydrogens (primary N) is 1. The Morgan fingerprint density at radius 3 is 2.62 bits per heavy atom. The van der Waals surface area contributed by atoms with Gasteiger partial charge in [0.05, 0.1) is 0 Å². The van der Waals surface area contributed by atoms with Crippen LogP contribution in [0.25, 0.3) is 0 Å². The lowest BCUT2D eigenvalue weighted by atomic mass is 10.0. The first-order valence-corrected chi connectivity index (χ1v) is 5.75. The smallest absolute Gasteiger partial charge is 0.239 e. The normalized spacial score (nSPS) is 10.6. The second kappa shape index (κ2) is 6.27. The Morgan fingerprint density at radius 2 is 2.06 bits per heavy atom. The molecule has 0 aliphatic heterocycles. The van der Waals surface area contributed by atoms with E-state index < -0.39 is 0 Å². The fourth-order valence-corrected chi connectivity index (χ4v) is 1.51. The second-order valence-corrected chi connectivity index (χ2v) is 3.93. The van der Waals surface area contributed by atoms with Gasteiger partial charge in [-0.25, -0.2) is 10.8 Å². The van der Waals surface area contributed by atoms with Crippen LogP contribution in [0.15, 0.2) is 6.20 Å². The first-order valence-electron chi connectivity index (χ1n) is 5.75. The molecule has 0 aliphatic rings. The highest BCUT2D eigenvalue weighted by molar-refractivity contribution is 5.45. The van der Waals surface area contributed by atoms with Crippen molar-refractivity contribution in [1.29, 1.82) is 0 Å². The number of nitrogens with zero attached hydrogens (tertiary/aromatic N) is 2. The van der Waals surface area contributed by atoms with Crippen molar-refractivity contribution >= 4 is 11.8 Å². The van der Waals surface area contributed by atoms with Crippen molar-refractivity contribution in [3.63, 3.8) is 0 Å². The summed E-state index contributed by atoms with van der Waals surface area (Å²) < 4.78 is 0. The largest absolute Gasteiger partial charge is 0.369 e. The van der Waals surface area contributed by atoms with Gasteiger partial charge in [-0.15, -0.1) is 0 Å². The van der Waals surface area contributed by atoms with Crippen molar-refractivity contribution in [3.05, 3.63) is 11.8 Å². The molecule has 1 aromatic heterocycles. The molecule has 1 aromatic rings. The third-order valence-corrected chi connectivity index (χ3v) is 2.81. The summed E-state index contributed by atoms with van der Waals surface area (Å²) in [6.45, 7) is 7.33. The molecular formula is C11H21N5. The Hall–Kier alpha value is -1.36. The molecule has 0 fully saturated rings. The number of rotatable bonds is 6. The number of hydrogen-bond acceptors (Lipinski definition) is 5. The Kier molecular flexibility index (Phi) is 4.98. The molecular weight excluding hydrogens is 202 g/mol. The van der Waals surface area contributed by atoms with E-state index >= 15 is 0 Å². The molecule has 5 nitrogen and oxygen atoms in total. The van der Waals surface area contributed by atoms with E-state index in [1.54, 1.807) is 6.20 Å². The number of aryl methyl sites for hydroxylation is 1. The molecule has 0 radical (unpaired) electrons. The first kappa shape index (κ1) is 12.7. The number of anilines is 2. The SMILES string of the molecule is CCC(CC)CNc1nc(NN)ncc1C. The van der Waals surface area contributed by atoms with Gasteiger partial charge in [-0.3, -0.25) is 5.43 Å². The Labute approximate surface area is 96.8 Å². The highest BCUT2D eigenvalue weighted by Gasteiger charge is 2.06. The van der Waals surface area contributed by atoms with Crippen LogP contribution in [0.5, 0.6) is 0 Å². The first-order chi connectivity index (χ1) is 7.71. The summed E-state index contributed by atoms with van der Waals surface area (Å²) in [6.07, 6.45) is 4.11. The molecule has 0 bridgehead atoms. The van der Waals surface area contributed by atoms with E-state index in [1.165, 1.54) is 12.8 Å². The van der Waals surface area contributed by atoms with Gasteiger partial charge in [-0.05, 0) is 12.8 Å². The monoisotopic (exact) mass is 223 g/mol. The third kappa shape index (κ3) is 3.34. The van der Waals surface area contributed by atoms with Crippen molar-refractivity contribution in [2.24, 2.45) is 11.8 Å². The maximum atomic E-state index is 5.27. The van der Waals surface area contributed by atoms with Crippen LogP contribution in [0, 0.1) is 12.8 Å². The highest BCUT2D eigenvalue weighted by atomic mass is 15.3. The summed E-state index contributed by atoms with van der Waals surface area (Å²) in [4.78, 5) is 8.31. The molecule has 5 heteroatoms. The minimum Gasteiger partial charge on any atom is -0.369 e. The maximum absolute atomic E-state index is 5.27. The fraction of sp³-hybridized carbons (Fsp3) is 0.636. The number of hydrogen-bond donors (Lipinski definition) is 3. The molecule has 0 saturated heterocycles. The van der Waals surface area contributed by atoms with E-state index in [1.807, 2.05) is 6.92 Å². The molecule has 0 saturated carbocycles. The van der Waals surface area contributed by atoms with Gasteiger partial charge in [0.1, 0.15) is 5.82 Å². The second-order valence-electron chi connectivity index (χ2n) is 3.93. The van der Waals surface area contributed by atoms with Crippen LogP contribution in [0.2, 0.25) is 0 Å². The Morgan fingerprint density at radius 1 is 1.38 bits per heavy atom. The molecule has 0 atom stereocenters. The van der Waals surface area contributed by atoms with E-state index in [4.69, 9.17) is 5.84 Å². The summed E-state index contributed by atoms with van der Waals surface area (Å²) in [5, 5.41) is 3.34. The van der Waals surface area contributed by atoms with Gasteiger partial charge in [-0.1, -0.05) is 26.7 Å². The number of nitrogens with one attached hydrogen (secondary N) is 2. The van der Waals surface area contributed by atoms with Crippen molar-refractivity contribution in [3.8, 4) is 0 Å². The fourth-order valence-electron chi connectivity index (χ4n) is 1.51. The van der Waals surface area contributed by atoms with Gasteiger partial charge in [0.25, 0.3) is 0 Å². The molecule has 1 heterocycles. The van der Waals surface area contributed by atoms with Crippen molar-refractivity contribution in [1.82, 2.24) is 9.97 Å². The summed E-state index contributed by atoms with van der Waals surface area (Å²) in [6, 6.07) is 0. The minimum atomic E-state index is 0.442. The zero-order chi connectivity index (χ0) is 12.0. The van der Waals surface area contributed by atoms with Crippen LogP contribution in [0.4, 0.5) is 11.8 Å². The molecule has 0 aromatic carbocycles. The van der Waals surface area contributed by atoms with E-state index in [9.17, 15) is 0 Å². The van der Waals surface area contributed by atoms with Crippen LogP contribution >= 0.6 is 0 Å². The summed E-state index contributed by atoms with van der Waals surface area (Å²) in [7, 11) is 0. The molecule has 0 unspecified atom stereocenters. The average molecular weight is 223 g/mol. The van der Waals surface area contributed by atoms with E-state index in [2.05, 4.69) is 34.6 Å². The molecule has 0 amide bonds. The lowest BCUT2D eigenvalue weighted by Gasteiger charge is -2.15. The van der Waals surface area contributed by atoms with Gasteiger partial charge >= 0.3 is 0 Å². The minimum absolute atomic E-state index is 0.442. The summed E-state index contributed by atoms with van der Waals surface area (Å²) in [5.74, 6) is 7.26. The van der Waals surface area contributed by atoms with Crippen LogP contribution in [-0.2, 0) is 0 Å². The number of hydrazine groups is 1. The van der Waals surface area contributed by atoms with Gasteiger partial charge in [0, 0.05) is 18.3 Å². The van der Waals surface area contributed by atoms with Gasteiger partial charge in [-0.2, -0.15) is 4.98 Å². The zero-order valence-electron chi connectivity index (χ0n) is 10.2. The standard InChI is InChI=1S/C11H21N5/c1-4-9(5-2)7-13-10-8(3)6-14-11(15-10)16-12/h6,9H,4-5,7,12H2,1-3H3,(H2,13,14,15,16). The summed E-state index contributed by atoms with van der Waals surface area (Å²) in [5.41, 5.74) is 3.48. The van der Waals surface area contributed by atoms with Crippen LogP contribution in [0.3, 0.4) is 0 Å². The quantitative estimate of drug-likeness (QED) is 0.507. The average Bonchev–Trinajstić information content (AvgIpc) is 2.32. The van der Waals surface area contributed by atoms with Gasteiger partial charge < -0.3 is 5.32 Å². The highest BCUT2D eigenvalue weighted by Crippen LogP contribution is 2.14. The molecule has 16 heavy (non-hydrogen) atoms.